The van der Waals surface area contributed by atoms with Gasteiger partial charge < -0.3 is 5.11 Å². The van der Waals surface area contributed by atoms with Gasteiger partial charge in [0.2, 0.25) is 0 Å². The van der Waals surface area contributed by atoms with Crippen LogP contribution in [0.4, 0.5) is 0 Å². The number of thiophene rings is 1. The molecule has 1 N–H and O–H groups in total. The maximum atomic E-state index is 12.6. The molecule has 1 aromatic carbocycles. The maximum absolute atomic E-state index is 12.6. The summed E-state index contributed by atoms with van der Waals surface area (Å²) in [6.45, 7) is 2.23. The number of aromatic nitrogens is 2. The lowest BCUT2D eigenvalue weighted by Gasteiger charge is -2.05. The standard InChI is InChI=1S/C17H16N2O3S/c1-11-13-15(23-14(11)17(21)22)18-10-19(16(13)20)9-5-8-12-6-3-2-4-7-12/h2-4,6-7,10H,5,8-9H2,1H3,(H,21,22). The minimum Gasteiger partial charge on any atom is -0.477 e. The van der Waals surface area contributed by atoms with Crippen molar-refractivity contribution in [3.63, 3.8) is 0 Å². The molecule has 0 saturated carbocycles. The number of benzene rings is 1. The summed E-state index contributed by atoms with van der Waals surface area (Å²) in [5, 5.41) is 9.59. The Morgan fingerprint density at radius 1 is 1.30 bits per heavy atom. The van der Waals surface area contributed by atoms with E-state index in [1.54, 1.807) is 11.5 Å². The van der Waals surface area contributed by atoms with Gasteiger partial charge in [-0.2, -0.15) is 0 Å². The molecule has 0 unspecified atom stereocenters. The molecule has 6 heteroatoms. The van der Waals surface area contributed by atoms with Crippen LogP contribution in [-0.4, -0.2) is 20.6 Å². The van der Waals surface area contributed by atoms with Gasteiger partial charge in [0.1, 0.15) is 9.71 Å². The Morgan fingerprint density at radius 3 is 2.74 bits per heavy atom. The Balaban J connectivity index is 1.84. The van der Waals surface area contributed by atoms with Crippen molar-refractivity contribution in [2.75, 3.05) is 0 Å². The Morgan fingerprint density at radius 2 is 2.04 bits per heavy atom. The largest absolute Gasteiger partial charge is 0.477 e. The molecule has 5 nitrogen and oxygen atoms in total. The topological polar surface area (TPSA) is 72.2 Å². The van der Waals surface area contributed by atoms with Crippen LogP contribution in [0.2, 0.25) is 0 Å². The van der Waals surface area contributed by atoms with E-state index in [4.69, 9.17) is 5.11 Å². The van der Waals surface area contributed by atoms with Crippen molar-refractivity contribution < 1.29 is 9.90 Å². The van der Waals surface area contributed by atoms with Gasteiger partial charge in [-0.15, -0.1) is 11.3 Å². The summed E-state index contributed by atoms with van der Waals surface area (Å²) >= 11 is 1.05. The second kappa shape index (κ2) is 6.34. The molecule has 0 fully saturated rings. The summed E-state index contributed by atoms with van der Waals surface area (Å²) in [5.41, 5.74) is 1.58. The molecule has 3 aromatic rings. The molecule has 0 aliphatic heterocycles. The first-order chi connectivity index (χ1) is 11.1. The number of hydrogen-bond donors (Lipinski definition) is 1. The molecule has 0 aliphatic rings. The van der Waals surface area contributed by atoms with Gasteiger partial charge in [0, 0.05) is 6.54 Å². The molecule has 3 rings (SSSR count). The van der Waals surface area contributed by atoms with Gasteiger partial charge >= 0.3 is 5.97 Å². The van der Waals surface area contributed by atoms with E-state index >= 15 is 0 Å². The van der Waals surface area contributed by atoms with Crippen LogP contribution < -0.4 is 5.56 Å². The van der Waals surface area contributed by atoms with Gasteiger partial charge in [-0.3, -0.25) is 9.36 Å². The molecule has 0 atom stereocenters. The Labute approximate surface area is 136 Å². The molecular weight excluding hydrogens is 312 g/mol. The summed E-state index contributed by atoms with van der Waals surface area (Å²) in [5.74, 6) is -1.01. The van der Waals surface area contributed by atoms with Gasteiger partial charge in [-0.25, -0.2) is 9.78 Å². The minimum absolute atomic E-state index is 0.163. The first-order valence-corrected chi connectivity index (χ1v) is 8.15. The van der Waals surface area contributed by atoms with Crippen molar-refractivity contribution in [3.05, 3.63) is 63.0 Å². The van der Waals surface area contributed by atoms with Crippen LogP contribution in [0.25, 0.3) is 10.2 Å². The van der Waals surface area contributed by atoms with Crippen molar-refractivity contribution in [3.8, 4) is 0 Å². The van der Waals surface area contributed by atoms with Gasteiger partial charge in [0.25, 0.3) is 5.56 Å². The van der Waals surface area contributed by atoms with E-state index in [1.165, 1.54) is 11.9 Å². The second-order valence-corrected chi connectivity index (χ2v) is 6.37. The lowest BCUT2D eigenvalue weighted by atomic mass is 10.1. The zero-order valence-corrected chi connectivity index (χ0v) is 13.5. The van der Waals surface area contributed by atoms with E-state index in [0.29, 0.717) is 22.3 Å². The molecule has 2 aromatic heterocycles. The zero-order chi connectivity index (χ0) is 16.4. The number of carboxylic acids is 1. The quantitative estimate of drug-likeness (QED) is 0.781. The Kier molecular flexibility index (Phi) is 4.25. The van der Waals surface area contributed by atoms with Gasteiger partial charge in [0.15, 0.2) is 0 Å². The Hall–Kier alpha value is -2.47. The number of hydrogen-bond acceptors (Lipinski definition) is 4. The molecule has 0 radical (unpaired) electrons. The van der Waals surface area contributed by atoms with Crippen LogP contribution in [-0.2, 0) is 13.0 Å². The van der Waals surface area contributed by atoms with E-state index < -0.39 is 5.97 Å². The van der Waals surface area contributed by atoms with E-state index in [9.17, 15) is 9.59 Å². The van der Waals surface area contributed by atoms with Gasteiger partial charge in [0.05, 0.1) is 11.7 Å². The van der Waals surface area contributed by atoms with Crippen molar-refractivity contribution in [2.24, 2.45) is 0 Å². The smallest absolute Gasteiger partial charge is 0.346 e. The molecule has 0 bridgehead atoms. The van der Waals surface area contributed by atoms with Crippen LogP contribution in [0, 0.1) is 6.92 Å². The number of carboxylic acid groups (broad SMARTS) is 1. The first kappa shape index (κ1) is 15.4. The number of carbonyl (C=O) groups is 1. The lowest BCUT2D eigenvalue weighted by molar-refractivity contribution is 0.0701. The summed E-state index contributed by atoms with van der Waals surface area (Å²) in [7, 11) is 0. The SMILES string of the molecule is Cc1c(C(=O)O)sc2ncn(CCCc3ccccc3)c(=O)c12. The molecule has 23 heavy (non-hydrogen) atoms. The van der Waals surface area contributed by atoms with Crippen molar-refractivity contribution >= 4 is 27.5 Å². The predicted octanol–water partition coefficient (Wildman–Crippen LogP) is 3.10. The fourth-order valence-corrected chi connectivity index (χ4v) is 3.60. The normalized spacial score (nSPS) is 11.0. The number of nitrogens with zero attached hydrogens (tertiary/aromatic N) is 2. The van der Waals surface area contributed by atoms with E-state index in [2.05, 4.69) is 17.1 Å². The van der Waals surface area contributed by atoms with E-state index in [1.807, 2.05) is 18.2 Å². The van der Waals surface area contributed by atoms with E-state index in [-0.39, 0.29) is 10.4 Å². The van der Waals surface area contributed by atoms with E-state index in [0.717, 1.165) is 24.2 Å². The third kappa shape index (κ3) is 3.03. The monoisotopic (exact) mass is 328 g/mol. The number of aromatic carboxylic acids is 1. The first-order valence-electron chi connectivity index (χ1n) is 7.33. The average Bonchev–Trinajstić information content (AvgIpc) is 2.88. The molecular formula is C17H16N2O3S. The molecule has 0 spiro atoms. The highest BCUT2D eigenvalue weighted by molar-refractivity contribution is 7.20. The minimum atomic E-state index is -1.01. The van der Waals surface area contributed by atoms with Crippen LogP contribution >= 0.6 is 11.3 Å². The van der Waals surface area contributed by atoms with Crippen LogP contribution in [0.1, 0.15) is 27.2 Å². The van der Waals surface area contributed by atoms with Crippen LogP contribution in [0.3, 0.4) is 0 Å². The number of aryl methyl sites for hydroxylation is 3. The highest BCUT2D eigenvalue weighted by Crippen LogP contribution is 2.26. The molecule has 0 saturated heterocycles. The van der Waals surface area contributed by atoms with Gasteiger partial charge in [-0.05, 0) is 30.9 Å². The fraction of sp³-hybridized carbons (Fsp3) is 0.235. The van der Waals surface area contributed by atoms with Crippen molar-refractivity contribution in [2.45, 2.75) is 26.3 Å². The maximum Gasteiger partial charge on any atom is 0.346 e. The zero-order valence-electron chi connectivity index (χ0n) is 12.7. The fourth-order valence-electron chi connectivity index (χ4n) is 2.62. The summed E-state index contributed by atoms with van der Waals surface area (Å²) in [6.07, 6.45) is 3.22. The average molecular weight is 328 g/mol. The molecule has 0 amide bonds. The third-order valence-corrected chi connectivity index (χ3v) is 5.01. The van der Waals surface area contributed by atoms with Crippen molar-refractivity contribution in [1.82, 2.24) is 9.55 Å². The van der Waals surface area contributed by atoms with Crippen LogP contribution in [0.15, 0.2) is 41.5 Å². The summed E-state index contributed by atoms with van der Waals surface area (Å²) < 4.78 is 1.57. The second-order valence-electron chi connectivity index (χ2n) is 5.37. The third-order valence-electron chi connectivity index (χ3n) is 3.82. The summed E-state index contributed by atoms with van der Waals surface area (Å²) in [6, 6.07) is 10.1. The molecule has 0 aliphatic carbocycles. The predicted molar refractivity (Wildman–Crippen MR) is 90.3 cm³/mol. The summed E-state index contributed by atoms with van der Waals surface area (Å²) in [4.78, 5) is 28.7. The molecule has 118 valence electrons. The number of rotatable bonds is 5. The van der Waals surface area contributed by atoms with Crippen LogP contribution in [0.5, 0.6) is 0 Å². The highest BCUT2D eigenvalue weighted by atomic mass is 32.1. The molecule has 2 heterocycles. The highest BCUT2D eigenvalue weighted by Gasteiger charge is 2.18. The van der Waals surface area contributed by atoms with Crippen molar-refractivity contribution in [1.29, 1.82) is 0 Å². The lowest BCUT2D eigenvalue weighted by Crippen LogP contribution is -2.21. The number of fused-ring (bicyclic) bond motifs is 1. The van der Waals surface area contributed by atoms with Gasteiger partial charge in [-0.1, -0.05) is 30.3 Å². The Bertz CT molecular complexity index is 913.